The first-order valence-corrected chi connectivity index (χ1v) is 6.18. The van der Waals surface area contributed by atoms with Crippen LogP contribution in [0.2, 0.25) is 0 Å². The normalized spacial score (nSPS) is 10.2. The Bertz CT molecular complexity index is 520. The molecular weight excluding hydrogens is 222 g/mol. The predicted molar refractivity (Wildman–Crippen MR) is 74.0 cm³/mol. The number of rotatable bonds is 5. The first-order valence-electron chi connectivity index (χ1n) is 6.18. The smallest absolute Gasteiger partial charge is 0.217 e. The Labute approximate surface area is 107 Å². The highest BCUT2D eigenvalue weighted by Gasteiger charge is 2.00. The number of hydrogen-bond donors (Lipinski definition) is 1. The first-order chi connectivity index (χ1) is 8.75. The van der Waals surface area contributed by atoms with E-state index >= 15 is 0 Å². The van der Waals surface area contributed by atoms with Crippen molar-refractivity contribution in [2.24, 2.45) is 5.73 Å². The van der Waals surface area contributed by atoms with Crippen LogP contribution in [0.15, 0.2) is 54.6 Å². The van der Waals surface area contributed by atoms with Crippen molar-refractivity contribution >= 4 is 5.91 Å². The molecule has 2 aromatic carbocycles. The summed E-state index contributed by atoms with van der Waals surface area (Å²) in [4.78, 5) is 10.7. The summed E-state index contributed by atoms with van der Waals surface area (Å²) in [6.07, 6.45) is 2.16. The number of primary amides is 1. The highest BCUT2D eigenvalue weighted by molar-refractivity contribution is 5.73. The zero-order chi connectivity index (χ0) is 12.8. The Hall–Kier alpha value is -2.09. The number of benzene rings is 2. The zero-order valence-electron chi connectivity index (χ0n) is 10.3. The molecule has 0 saturated carbocycles. The Kier molecular flexibility index (Phi) is 4.13. The van der Waals surface area contributed by atoms with Gasteiger partial charge < -0.3 is 5.73 Å². The molecule has 0 radical (unpaired) electrons. The van der Waals surface area contributed by atoms with Crippen LogP contribution in [0.5, 0.6) is 0 Å². The molecule has 0 bridgehead atoms. The van der Waals surface area contributed by atoms with E-state index < -0.39 is 0 Å². The van der Waals surface area contributed by atoms with Gasteiger partial charge in [0.15, 0.2) is 0 Å². The van der Waals surface area contributed by atoms with Crippen LogP contribution in [0, 0.1) is 0 Å². The molecule has 0 heterocycles. The van der Waals surface area contributed by atoms with Gasteiger partial charge in [0.1, 0.15) is 0 Å². The van der Waals surface area contributed by atoms with Gasteiger partial charge in [-0.15, -0.1) is 0 Å². The van der Waals surface area contributed by atoms with Crippen LogP contribution in [0.3, 0.4) is 0 Å². The number of nitrogens with two attached hydrogens (primary N) is 1. The lowest BCUT2D eigenvalue weighted by Gasteiger charge is -2.05. The zero-order valence-corrected chi connectivity index (χ0v) is 10.3. The Morgan fingerprint density at radius 2 is 1.67 bits per heavy atom. The minimum absolute atomic E-state index is 0.228. The summed E-state index contributed by atoms with van der Waals surface area (Å²) in [5.41, 5.74) is 8.82. The molecule has 0 atom stereocenters. The van der Waals surface area contributed by atoms with E-state index in [0.717, 1.165) is 12.8 Å². The topological polar surface area (TPSA) is 43.1 Å². The second-order valence-corrected chi connectivity index (χ2v) is 4.39. The van der Waals surface area contributed by atoms with Crippen LogP contribution < -0.4 is 5.73 Å². The Balaban J connectivity index is 2.08. The van der Waals surface area contributed by atoms with Gasteiger partial charge in [-0.25, -0.2) is 0 Å². The van der Waals surface area contributed by atoms with Gasteiger partial charge in [0.25, 0.3) is 0 Å². The minimum atomic E-state index is -0.228. The van der Waals surface area contributed by atoms with Crippen molar-refractivity contribution in [3.63, 3.8) is 0 Å². The van der Waals surface area contributed by atoms with Crippen LogP contribution in [0.4, 0.5) is 0 Å². The largest absolute Gasteiger partial charge is 0.370 e. The van der Waals surface area contributed by atoms with Gasteiger partial charge in [-0.05, 0) is 29.5 Å². The Morgan fingerprint density at radius 3 is 2.39 bits per heavy atom. The van der Waals surface area contributed by atoms with E-state index in [4.69, 9.17) is 5.73 Å². The maximum atomic E-state index is 10.7. The third-order valence-corrected chi connectivity index (χ3v) is 2.92. The van der Waals surface area contributed by atoms with Crippen LogP contribution in [-0.4, -0.2) is 5.91 Å². The summed E-state index contributed by atoms with van der Waals surface area (Å²) >= 11 is 0. The number of carbonyl (C=O) groups excluding carboxylic acids is 1. The van der Waals surface area contributed by atoms with E-state index in [1.54, 1.807) is 0 Å². The quantitative estimate of drug-likeness (QED) is 0.855. The SMILES string of the molecule is NC(=O)CCCc1cccc(-c2ccccc2)c1. The average Bonchev–Trinajstić information content (AvgIpc) is 2.40. The van der Waals surface area contributed by atoms with Crippen molar-refractivity contribution in [2.45, 2.75) is 19.3 Å². The molecule has 92 valence electrons. The van der Waals surface area contributed by atoms with Crippen LogP contribution in [0.1, 0.15) is 18.4 Å². The maximum Gasteiger partial charge on any atom is 0.217 e. The molecule has 0 aromatic heterocycles. The minimum Gasteiger partial charge on any atom is -0.370 e. The fourth-order valence-corrected chi connectivity index (χ4v) is 2.00. The third-order valence-electron chi connectivity index (χ3n) is 2.92. The molecular formula is C16H17NO. The molecule has 2 aromatic rings. The lowest BCUT2D eigenvalue weighted by atomic mass is 10.0. The first kappa shape index (κ1) is 12.4. The van der Waals surface area contributed by atoms with Crippen LogP contribution in [-0.2, 0) is 11.2 Å². The second-order valence-electron chi connectivity index (χ2n) is 4.39. The van der Waals surface area contributed by atoms with Gasteiger partial charge in [0.2, 0.25) is 5.91 Å². The monoisotopic (exact) mass is 239 g/mol. The van der Waals surface area contributed by atoms with E-state index in [-0.39, 0.29) is 5.91 Å². The van der Waals surface area contributed by atoms with Gasteiger partial charge in [-0.2, -0.15) is 0 Å². The van der Waals surface area contributed by atoms with Gasteiger partial charge in [-0.1, -0.05) is 54.6 Å². The van der Waals surface area contributed by atoms with Crippen LogP contribution in [0.25, 0.3) is 11.1 Å². The molecule has 0 aliphatic heterocycles. The molecule has 2 rings (SSSR count). The van der Waals surface area contributed by atoms with Crippen molar-refractivity contribution < 1.29 is 4.79 Å². The number of hydrogen-bond acceptors (Lipinski definition) is 1. The maximum absolute atomic E-state index is 10.7. The molecule has 2 N–H and O–H groups in total. The van der Waals surface area contributed by atoms with Gasteiger partial charge >= 0.3 is 0 Å². The summed E-state index contributed by atoms with van der Waals surface area (Å²) in [5.74, 6) is -0.228. The molecule has 0 fully saturated rings. The van der Waals surface area contributed by atoms with Crippen LogP contribution >= 0.6 is 0 Å². The summed E-state index contributed by atoms with van der Waals surface area (Å²) in [5, 5.41) is 0. The van der Waals surface area contributed by atoms with Gasteiger partial charge in [0.05, 0.1) is 0 Å². The van der Waals surface area contributed by atoms with E-state index in [1.807, 2.05) is 18.2 Å². The molecule has 1 amide bonds. The summed E-state index contributed by atoms with van der Waals surface area (Å²) in [6.45, 7) is 0. The van der Waals surface area contributed by atoms with Crippen molar-refractivity contribution in [1.29, 1.82) is 0 Å². The number of amides is 1. The summed E-state index contributed by atoms with van der Waals surface area (Å²) < 4.78 is 0. The van der Waals surface area contributed by atoms with Crippen molar-refractivity contribution in [3.05, 3.63) is 60.2 Å². The summed E-state index contributed by atoms with van der Waals surface area (Å²) in [7, 11) is 0. The van der Waals surface area contributed by atoms with Crippen molar-refractivity contribution in [2.75, 3.05) is 0 Å². The molecule has 2 nitrogen and oxygen atoms in total. The van der Waals surface area contributed by atoms with E-state index in [2.05, 4.69) is 36.4 Å². The fourth-order valence-electron chi connectivity index (χ4n) is 2.00. The van der Waals surface area contributed by atoms with Gasteiger partial charge in [-0.3, -0.25) is 4.79 Å². The Morgan fingerprint density at radius 1 is 0.944 bits per heavy atom. The van der Waals surface area contributed by atoms with E-state index in [1.165, 1.54) is 16.7 Å². The average molecular weight is 239 g/mol. The van der Waals surface area contributed by atoms with E-state index in [9.17, 15) is 4.79 Å². The molecule has 0 unspecified atom stereocenters. The molecule has 0 spiro atoms. The third kappa shape index (κ3) is 3.45. The fraction of sp³-hybridized carbons (Fsp3) is 0.188. The molecule has 2 heteroatoms. The lowest BCUT2D eigenvalue weighted by molar-refractivity contribution is -0.118. The molecule has 0 aliphatic rings. The predicted octanol–water partition coefficient (Wildman–Crippen LogP) is 3.16. The van der Waals surface area contributed by atoms with E-state index in [0.29, 0.717) is 6.42 Å². The van der Waals surface area contributed by atoms with Gasteiger partial charge in [0, 0.05) is 6.42 Å². The standard InChI is InChI=1S/C16H17NO/c17-16(18)11-5-7-13-6-4-10-15(12-13)14-8-2-1-3-9-14/h1-4,6,8-10,12H,5,7,11H2,(H2,17,18). The van der Waals surface area contributed by atoms with Crippen molar-refractivity contribution in [3.8, 4) is 11.1 Å². The molecule has 18 heavy (non-hydrogen) atoms. The molecule has 0 saturated heterocycles. The second kappa shape index (κ2) is 6.01. The number of carbonyl (C=O) groups is 1. The number of aryl methyl sites for hydroxylation is 1. The molecule has 0 aliphatic carbocycles. The highest BCUT2D eigenvalue weighted by Crippen LogP contribution is 2.20. The van der Waals surface area contributed by atoms with Crippen molar-refractivity contribution in [1.82, 2.24) is 0 Å². The highest BCUT2D eigenvalue weighted by atomic mass is 16.1. The lowest BCUT2D eigenvalue weighted by Crippen LogP contribution is -2.10. The summed E-state index contributed by atoms with van der Waals surface area (Å²) in [6, 6.07) is 18.7.